The third-order valence-corrected chi connectivity index (χ3v) is 6.34. The topological polar surface area (TPSA) is 133 Å². The Morgan fingerprint density at radius 1 is 1.27 bits per heavy atom. The number of rotatable bonds is 11. The molecule has 3 aromatic rings. The second-order valence-electron chi connectivity index (χ2n) is 10.1. The fourth-order valence-corrected chi connectivity index (χ4v) is 4.21. The Morgan fingerprint density at radius 3 is 2.70 bits per heavy atom. The maximum Gasteiger partial charge on any atom is 0.407 e. The maximum atomic E-state index is 12.0. The van der Waals surface area contributed by atoms with Gasteiger partial charge in [-0.1, -0.05) is 11.6 Å². The quantitative estimate of drug-likeness (QED) is 0.223. The van der Waals surface area contributed by atoms with Crippen molar-refractivity contribution in [1.82, 2.24) is 14.7 Å². The molecule has 0 aliphatic heterocycles. The summed E-state index contributed by atoms with van der Waals surface area (Å²) in [6, 6.07) is 9.36. The Balaban J connectivity index is 1.80. The van der Waals surface area contributed by atoms with Crippen molar-refractivity contribution in [3.63, 3.8) is 0 Å². The molecule has 0 saturated carbocycles. The van der Waals surface area contributed by atoms with E-state index in [2.05, 4.69) is 15.3 Å². The number of amides is 1. The minimum atomic E-state index is -1.23. The average Bonchev–Trinajstić information content (AvgIpc) is 3.31. The summed E-state index contributed by atoms with van der Waals surface area (Å²) in [7, 11) is 3.04. The molecule has 10 nitrogen and oxygen atoms in total. The lowest BCUT2D eigenvalue weighted by Crippen LogP contribution is -2.33. The third kappa shape index (κ3) is 8.20. The number of halogens is 1. The predicted molar refractivity (Wildman–Crippen MR) is 157 cm³/mol. The third-order valence-electron chi connectivity index (χ3n) is 6.11. The summed E-state index contributed by atoms with van der Waals surface area (Å²) in [5.41, 5.74) is 10.5. The lowest BCUT2D eigenvalue weighted by Gasteiger charge is -2.19. The molecule has 2 aromatic heterocycles. The normalized spacial score (nSPS) is 13.7. The highest BCUT2D eigenvalue weighted by Crippen LogP contribution is 2.33. The van der Waals surface area contributed by atoms with Crippen molar-refractivity contribution in [1.29, 1.82) is 0 Å². The van der Waals surface area contributed by atoms with Gasteiger partial charge in [0.15, 0.2) is 6.29 Å². The molecule has 0 radical (unpaired) electrons. The number of aromatic nitrogens is 2. The highest BCUT2D eigenvalue weighted by atomic mass is 35.5. The standard InChI is InChI=1S/C29H38ClN5O5/c1-18(32-5)22(26(31)27(36)38-6)12-14-39-24-15-20(30)8-9-23(24)19-7-10-25-34-16-21(35(25)17-19)11-13-33-28(37)40-29(2,3)4/h7-10,15-17,27,36H,11-14,31H2,1-6H3,(H,33,37). The van der Waals surface area contributed by atoms with Crippen LogP contribution in [0.25, 0.3) is 16.8 Å². The number of hydrogen-bond acceptors (Lipinski definition) is 8. The number of carbonyl (C=O) groups excluding carboxylic acids is 1. The predicted octanol–water partition coefficient (Wildman–Crippen LogP) is 4.76. The van der Waals surface area contributed by atoms with E-state index < -0.39 is 18.0 Å². The van der Waals surface area contributed by atoms with Crippen molar-refractivity contribution in [2.45, 2.75) is 52.4 Å². The summed E-state index contributed by atoms with van der Waals surface area (Å²) in [6.45, 7) is 7.96. The van der Waals surface area contributed by atoms with Gasteiger partial charge in [0.05, 0.1) is 12.3 Å². The molecule has 1 aromatic carbocycles. The lowest BCUT2D eigenvalue weighted by atomic mass is 10.0. The van der Waals surface area contributed by atoms with Crippen LogP contribution >= 0.6 is 11.6 Å². The van der Waals surface area contributed by atoms with E-state index in [4.69, 9.17) is 31.5 Å². The number of aliphatic imine (C=N–C) groups is 1. The van der Waals surface area contributed by atoms with E-state index in [1.165, 1.54) is 7.11 Å². The van der Waals surface area contributed by atoms with Gasteiger partial charge in [0, 0.05) is 79.1 Å². The Bertz CT molecular complexity index is 1390. The van der Waals surface area contributed by atoms with Crippen LogP contribution in [0.2, 0.25) is 5.02 Å². The summed E-state index contributed by atoms with van der Waals surface area (Å²) in [5, 5.41) is 13.4. The second-order valence-corrected chi connectivity index (χ2v) is 10.6. The zero-order chi connectivity index (χ0) is 29.4. The van der Waals surface area contributed by atoms with Crippen LogP contribution < -0.4 is 15.8 Å². The highest BCUT2D eigenvalue weighted by molar-refractivity contribution is 6.30. The van der Waals surface area contributed by atoms with E-state index in [1.807, 2.05) is 56.5 Å². The molecule has 3 rings (SSSR count). The van der Waals surface area contributed by atoms with Crippen LogP contribution in [0.3, 0.4) is 0 Å². The van der Waals surface area contributed by atoms with Gasteiger partial charge in [-0.3, -0.25) is 4.99 Å². The smallest absolute Gasteiger partial charge is 0.407 e. The molecule has 1 unspecified atom stereocenters. The Hall–Kier alpha value is -3.60. The molecular formula is C29H38ClN5O5. The number of aliphatic hydroxyl groups is 1. The number of pyridine rings is 1. The number of ether oxygens (including phenoxy) is 3. The zero-order valence-corrected chi connectivity index (χ0v) is 24.6. The Morgan fingerprint density at radius 2 is 2.02 bits per heavy atom. The molecule has 1 atom stereocenters. The molecule has 0 aliphatic carbocycles. The number of aliphatic hydroxyl groups excluding tert-OH is 1. The van der Waals surface area contributed by atoms with E-state index in [0.29, 0.717) is 41.4 Å². The van der Waals surface area contributed by atoms with Crippen molar-refractivity contribution in [2.75, 3.05) is 27.3 Å². The maximum absolute atomic E-state index is 12.0. The largest absolute Gasteiger partial charge is 0.493 e. The van der Waals surface area contributed by atoms with Gasteiger partial charge in [0.25, 0.3) is 0 Å². The molecule has 0 aliphatic rings. The first-order valence-electron chi connectivity index (χ1n) is 12.9. The molecule has 11 heteroatoms. The number of benzene rings is 1. The van der Waals surface area contributed by atoms with Crippen molar-refractivity contribution in [3.05, 3.63) is 64.7 Å². The van der Waals surface area contributed by atoms with Crippen molar-refractivity contribution >= 4 is 29.1 Å². The molecule has 0 fully saturated rings. The number of fused-ring (bicyclic) bond motifs is 1. The van der Waals surface area contributed by atoms with E-state index in [-0.39, 0.29) is 12.3 Å². The van der Waals surface area contributed by atoms with E-state index in [1.54, 1.807) is 25.4 Å². The van der Waals surface area contributed by atoms with Crippen LogP contribution in [0, 0.1) is 0 Å². The van der Waals surface area contributed by atoms with Crippen LogP contribution in [0.1, 0.15) is 39.8 Å². The van der Waals surface area contributed by atoms with Gasteiger partial charge in [0.1, 0.15) is 17.0 Å². The highest BCUT2D eigenvalue weighted by Gasteiger charge is 2.17. The average molecular weight is 572 g/mol. The number of hydrogen-bond donors (Lipinski definition) is 3. The number of alkyl carbamates (subject to hydrolysis) is 1. The van der Waals surface area contributed by atoms with Crippen molar-refractivity contribution in [3.8, 4) is 16.9 Å². The minimum absolute atomic E-state index is 0.194. The number of nitrogens with one attached hydrogen (secondary N) is 1. The molecule has 0 spiro atoms. The molecule has 216 valence electrons. The molecule has 1 amide bonds. The van der Waals surface area contributed by atoms with E-state index >= 15 is 0 Å². The number of imidazole rings is 1. The Labute approximate surface area is 239 Å². The zero-order valence-electron chi connectivity index (χ0n) is 23.8. The molecule has 0 bridgehead atoms. The molecular weight excluding hydrogens is 534 g/mol. The summed E-state index contributed by atoms with van der Waals surface area (Å²) < 4.78 is 18.4. The molecule has 0 saturated heterocycles. The van der Waals surface area contributed by atoms with Gasteiger partial charge in [-0.25, -0.2) is 9.78 Å². The van der Waals surface area contributed by atoms with Gasteiger partial charge >= 0.3 is 6.09 Å². The minimum Gasteiger partial charge on any atom is -0.493 e. The van der Waals surface area contributed by atoms with Crippen LogP contribution in [0.4, 0.5) is 4.79 Å². The molecule has 4 N–H and O–H groups in total. The van der Waals surface area contributed by atoms with Crippen molar-refractivity contribution < 1.29 is 24.1 Å². The summed E-state index contributed by atoms with van der Waals surface area (Å²) in [6.07, 6.45) is 3.05. The van der Waals surface area contributed by atoms with Crippen LogP contribution in [-0.2, 0) is 15.9 Å². The van der Waals surface area contributed by atoms with Crippen molar-refractivity contribution in [2.24, 2.45) is 10.7 Å². The monoisotopic (exact) mass is 571 g/mol. The summed E-state index contributed by atoms with van der Waals surface area (Å²) in [5.74, 6) is 0.594. The summed E-state index contributed by atoms with van der Waals surface area (Å²) in [4.78, 5) is 20.7. The SMILES string of the molecule is CN=C(C)C(CCOc1cc(Cl)ccc1-c1ccc2ncc(CCNC(=O)OC(C)(C)C)n2c1)=C(N)C(O)OC. The number of nitrogens with zero attached hydrogens (tertiary/aromatic N) is 3. The Kier molecular flexibility index (Phi) is 10.6. The van der Waals surface area contributed by atoms with Crippen LogP contribution in [-0.4, -0.2) is 65.5 Å². The van der Waals surface area contributed by atoms with E-state index in [0.717, 1.165) is 22.5 Å². The molecule has 40 heavy (non-hydrogen) atoms. The first-order valence-corrected chi connectivity index (χ1v) is 13.3. The first-order chi connectivity index (χ1) is 18.9. The number of carbonyl (C=O) groups is 1. The fourth-order valence-electron chi connectivity index (χ4n) is 4.04. The molecule has 2 heterocycles. The number of nitrogens with two attached hydrogens (primary N) is 1. The second kappa shape index (κ2) is 13.6. The fraction of sp³-hybridized carbons (Fsp3) is 0.414. The number of methoxy groups -OCH3 is 1. The van der Waals surface area contributed by atoms with Crippen LogP contribution in [0.15, 0.2) is 59.0 Å². The van der Waals surface area contributed by atoms with Gasteiger partial charge in [0.2, 0.25) is 0 Å². The van der Waals surface area contributed by atoms with Gasteiger partial charge in [-0.05, 0) is 58.0 Å². The van der Waals surface area contributed by atoms with E-state index in [9.17, 15) is 9.90 Å². The van der Waals surface area contributed by atoms with Crippen LogP contribution in [0.5, 0.6) is 5.75 Å². The van der Waals surface area contributed by atoms with Gasteiger partial charge < -0.3 is 34.8 Å². The van der Waals surface area contributed by atoms with Gasteiger partial charge in [-0.15, -0.1) is 0 Å². The first kappa shape index (κ1) is 30.9. The summed E-state index contributed by atoms with van der Waals surface area (Å²) >= 11 is 6.32. The lowest BCUT2D eigenvalue weighted by molar-refractivity contribution is -0.0461. The van der Waals surface area contributed by atoms with Gasteiger partial charge in [-0.2, -0.15) is 0 Å².